The predicted molar refractivity (Wildman–Crippen MR) is 98.8 cm³/mol. The number of nitrogens with two attached hydrogens (primary N) is 1. The molecule has 1 aromatic rings. The minimum atomic E-state index is -1.69. The molecule has 26 heavy (non-hydrogen) atoms. The maximum atomic E-state index is 9.97. The third kappa shape index (κ3) is 2.47. The SMILES string of the molecule is CN1CC=C2C(C#N)=C(N)C(C#N)(C#N)[C@@H](c3cccc(Cl)c3Cl)[C@@H]2C1. The van der Waals surface area contributed by atoms with Gasteiger partial charge in [-0.1, -0.05) is 41.4 Å². The summed E-state index contributed by atoms with van der Waals surface area (Å²) in [5.41, 5.74) is 6.10. The van der Waals surface area contributed by atoms with E-state index in [1.165, 1.54) is 0 Å². The molecule has 3 rings (SSSR count). The first-order chi connectivity index (χ1) is 12.4. The molecule has 0 saturated heterocycles. The van der Waals surface area contributed by atoms with E-state index in [-0.39, 0.29) is 17.2 Å². The summed E-state index contributed by atoms with van der Waals surface area (Å²) in [6.07, 6.45) is 1.93. The van der Waals surface area contributed by atoms with Crippen molar-refractivity contribution in [2.45, 2.75) is 5.92 Å². The van der Waals surface area contributed by atoms with Gasteiger partial charge in [0.15, 0.2) is 5.41 Å². The molecule has 0 bridgehead atoms. The molecule has 1 aliphatic carbocycles. The summed E-state index contributed by atoms with van der Waals surface area (Å²) < 4.78 is 0. The van der Waals surface area contributed by atoms with E-state index in [9.17, 15) is 15.8 Å². The lowest BCUT2D eigenvalue weighted by atomic mass is 9.58. The molecule has 0 saturated carbocycles. The normalized spacial score (nSPS) is 24.7. The van der Waals surface area contributed by atoms with Crippen LogP contribution in [0.25, 0.3) is 0 Å². The number of hydrogen-bond acceptors (Lipinski definition) is 5. The Kier molecular flexibility index (Phi) is 4.70. The number of likely N-dealkylation sites (N-methyl/N-ethyl adjacent to an activating group) is 1. The van der Waals surface area contributed by atoms with E-state index in [1.54, 1.807) is 18.2 Å². The zero-order valence-electron chi connectivity index (χ0n) is 14.0. The fourth-order valence-corrected chi connectivity index (χ4v) is 4.35. The molecule has 2 N–H and O–H groups in total. The Balaban J connectivity index is 2.39. The minimum absolute atomic E-state index is 0.0157. The van der Waals surface area contributed by atoms with Crippen LogP contribution >= 0.6 is 23.2 Å². The second-order valence-corrected chi connectivity index (χ2v) is 7.33. The van der Waals surface area contributed by atoms with Crippen molar-refractivity contribution < 1.29 is 0 Å². The number of benzene rings is 1. The third-order valence-electron chi connectivity index (χ3n) is 5.16. The molecular formula is C19H15Cl2N5. The third-order valence-corrected chi connectivity index (χ3v) is 6.00. The number of nitriles is 3. The highest BCUT2D eigenvalue weighted by atomic mass is 35.5. The van der Waals surface area contributed by atoms with Gasteiger partial charge in [-0.25, -0.2) is 0 Å². The summed E-state index contributed by atoms with van der Waals surface area (Å²) in [6.45, 7) is 1.23. The fraction of sp³-hybridized carbons (Fsp3) is 0.316. The Labute approximate surface area is 162 Å². The van der Waals surface area contributed by atoms with Gasteiger partial charge in [0.25, 0.3) is 0 Å². The van der Waals surface area contributed by atoms with Crippen LogP contribution in [0.1, 0.15) is 11.5 Å². The number of nitrogens with zero attached hydrogens (tertiary/aromatic N) is 4. The molecule has 0 fully saturated rings. The number of hydrogen-bond donors (Lipinski definition) is 1. The van der Waals surface area contributed by atoms with Crippen LogP contribution in [0.5, 0.6) is 0 Å². The van der Waals surface area contributed by atoms with Crippen molar-refractivity contribution in [3.8, 4) is 18.2 Å². The van der Waals surface area contributed by atoms with E-state index in [0.717, 1.165) is 5.57 Å². The molecule has 5 nitrogen and oxygen atoms in total. The van der Waals surface area contributed by atoms with E-state index >= 15 is 0 Å². The highest BCUT2D eigenvalue weighted by Crippen LogP contribution is 2.55. The Morgan fingerprint density at radius 3 is 2.54 bits per heavy atom. The summed E-state index contributed by atoms with van der Waals surface area (Å²) >= 11 is 12.6. The first kappa shape index (κ1) is 18.3. The molecule has 2 atom stereocenters. The van der Waals surface area contributed by atoms with Crippen LogP contribution in [0.15, 0.2) is 41.1 Å². The lowest BCUT2D eigenvalue weighted by Gasteiger charge is -2.45. The molecule has 0 amide bonds. The maximum Gasteiger partial charge on any atom is 0.191 e. The number of fused-ring (bicyclic) bond motifs is 1. The average molecular weight is 384 g/mol. The van der Waals surface area contributed by atoms with Crippen LogP contribution in [0.2, 0.25) is 10.0 Å². The Bertz CT molecular complexity index is 944. The molecular weight excluding hydrogens is 369 g/mol. The predicted octanol–water partition coefficient (Wildman–Crippen LogP) is 3.35. The first-order valence-corrected chi connectivity index (χ1v) is 8.72. The standard InChI is InChI=1S/C19H15Cl2N5/c1-26-6-5-11-13(7-22)18(25)19(9-23,10-24)16(14(11)8-26)12-3-2-4-15(20)17(12)21/h2-5,14,16H,6,8,25H2,1H3/t14-,16+/m1/s1. The van der Waals surface area contributed by atoms with Crippen LogP contribution in [0, 0.1) is 45.3 Å². The largest absolute Gasteiger partial charge is 0.399 e. The van der Waals surface area contributed by atoms with Crippen molar-refractivity contribution in [2.75, 3.05) is 20.1 Å². The van der Waals surface area contributed by atoms with Gasteiger partial charge < -0.3 is 10.6 Å². The summed E-state index contributed by atoms with van der Waals surface area (Å²) in [7, 11) is 1.94. The molecule has 1 aromatic carbocycles. The van der Waals surface area contributed by atoms with Crippen LogP contribution < -0.4 is 5.73 Å². The van der Waals surface area contributed by atoms with E-state index in [1.807, 2.05) is 13.1 Å². The van der Waals surface area contributed by atoms with Gasteiger partial charge in [0.05, 0.1) is 33.5 Å². The van der Waals surface area contributed by atoms with Crippen LogP contribution in [0.4, 0.5) is 0 Å². The molecule has 2 aliphatic rings. The number of allylic oxidation sites excluding steroid dienone is 2. The molecule has 0 aromatic heterocycles. The van der Waals surface area contributed by atoms with Crippen LogP contribution in [0.3, 0.4) is 0 Å². The van der Waals surface area contributed by atoms with Gasteiger partial charge in [0.2, 0.25) is 0 Å². The quantitative estimate of drug-likeness (QED) is 0.800. The molecule has 7 heteroatoms. The molecule has 130 valence electrons. The fourth-order valence-electron chi connectivity index (χ4n) is 3.93. The van der Waals surface area contributed by atoms with E-state index in [4.69, 9.17) is 28.9 Å². The lowest BCUT2D eigenvalue weighted by molar-refractivity contribution is 0.238. The van der Waals surface area contributed by atoms with Gasteiger partial charge >= 0.3 is 0 Å². The van der Waals surface area contributed by atoms with Gasteiger partial charge in [-0.3, -0.25) is 0 Å². The minimum Gasteiger partial charge on any atom is -0.399 e. The van der Waals surface area contributed by atoms with Gasteiger partial charge in [-0.05, 0) is 24.3 Å². The van der Waals surface area contributed by atoms with Crippen molar-refractivity contribution in [2.24, 2.45) is 17.1 Å². The zero-order valence-corrected chi connectivity index (χ0v) is 15.5. The molecule has 0 radical (unpaired) electrons. The van der Waals surface area contributed by atoms with E-state index in [0.29, 0.717) is 28.7 Å². The average Bonchev–Trinajstić information content (AvgIpc) is 2.64. The summed E-state index contributed by atoms with van der Waals surface area (Å²) in [4.78, 5) is 2.07. The molecule has 0 spiro atoms. The topological polar surface area (TPSA) is 101 Å². The molecule has 1 aliphatic heterocycles. The Morgan fingerprint density at radius 2 is 1.92 bits per heavy atom. The first-order valence-electron chi connectivity index (χ1n) is 7.97. The van der Waals surface area contributed by atoms with Crippen molar-refractivity contribution in [3.63, 3.8) is 0 Å². The maximum absolute atomic E-state index is 9.97. The van der Waals surface area contributed by atoms with Crippen molar-refractivity contribution >= 4 is 23.2 Å². The lowest BCUT2D eigenvalue weighted by Crippen LogP contribution is -2.47. The van der Waals surface area contributed by atoms with Crippen molar-refractivity contribution in [3.05, 3.63) is 56.7 Å². The second kappa shape index (κ2) is 6.67. The van der Waals surface area contributed by atoms with Gasteiger partial charge in [0.1, 0.15) is 6.07 Å². The van der Waals surface area contributed by atoms with E-state index in [2.05, 4.69) is 23.1 Å². The monoisotopic (exact) mass is 383 g/mol. The second-order valence-electron chi connectivity index (χ2n) is 6.54. The summed E-state index contributed by atoms with van der Waals surface area (Å²) in [6, 6.07) is 11.4. The summed E-state index contributed by atoms with van der Waals surface area (Å²) in [5.74, 6) is -0.902. The zero-order chi connectivity index (χ0) is 19.1. The van der Waals surface area contributed by atoms with Gasteiger partial charge in [-0.2, -0.15) is 15.8 Å². The highest BCUT2D eigenvalue weighted by Gasteiger charge is 2.54. The highest BCUT2D eigenvalue weighted by molar-refractivity contribution is 6.42. The Hall–Kier alpha value is -2.49. The molecule has 0 unspecified atom stereocenters. The smallest absolute Gasteiger partial charge is 0.191 e. The molecule has 1 heterocycles. The summed E-state index contributed by atoms with van der Waals surface area (Å²) in [5, 5.41) is 30.2. The van der Waals surface area contributed by atoms with E-state index < -0.39 is 11.3 Å². The van der Waals surface area contributed by atoms with Crippen molar-refractivity contribution in [1.82, 2.24) is 4.90 Å². The van der Waals surface area contributed by atoms with Crippen LogP contribution in [-0.2, 0) is 0 Å². The van der Waals surface area contributed by atoms with Crippen LogP contribution in [-0.4, -0.2) is 25.0 Å². The van der Waals surface area contributed by atoms with Gasteiger partial charge in [0, 0.05) is 24.9 Å². The Morgan fingerprint density at radius 1 is 1.23 bits per heavy atom. The number of halogens is 2. The van der Waals surface area contributed by atoms with Crippen molar-refractivity contribution in [1.29, 1.82) is 15.8 Å². The van der Waals surface area contributed by atoms with Gasteiger partial charge in [-0.15, -0.1) is 0 Å². The number of rotatable bonds is 1.